The van der Waals surface area contributed by atoms with Crippen LogP contribution in [0.1, 0.15) is 43.7 Å². The van der Waals surface area contributed by atoms with Crippen molar-refractivity contribution in [2.45, 2.75) is 45.6 Å². The summed E-state index contributed by atoms with van der Waals surface area (Å²) in [6.45, 7) is 6.45. The fraction of sp³-hybridized carbons (Fsp3) is 0.450. The molecule has 0 radical (unpaired) electrons. The molecule has 28 heavy (non-hydrogen) atoms. The fourth-order valence-corrected chi connectivity index (χ4v) is 3.98. The van der Waals surface area contributed by atoms with E-state index in [9.17, 15) is 9.59 Å². The molecule has 0 spiro atoms. The Morgan fingerprint density at radius 2 is 2.21 bits per heavy atom. The summed E-state index contributed by atoms with van der Waals surface area (Å²) >= 11 is 7.58. The van der Waals surface area contributed by atoms with Gasteiger partial charge >= 0.3 is 0 Å². The summed E-state index contributed by atoms with van der Waals surface area (Å²) in [6.07, 6.45) is 3.06. The zero-order valence-electron chi connectivity index (χ0n) is 16.2. The number of amides is 2. The Balaban J connectivity index is 1.66. The Bertz CT molecular complexity index is 855. The van der Waals surface area contributed by atoms with Crippen molar-refractivity contribution in [2.75, 3.05) is 18.5 Å². The van der Waals surface area contributed by atoms with E-state index in [-0.39, 0.29) is 24.3 Å². The topological polar surface area (TPSA) is 71.5 Å². The van der Waals surface area contributed by atoms with E-state index in [1.54, 1.807) is 16.5 Å². The van der Waals surface area contributed by atoms with Gasteiger partial charge in [-0.2, -0.15) is 0 Å². The number of ether oxygens (including phenoxy) is 1. The number of thiazole rings is 1. The first-order chi connectivity index (χ1) is 13.4. The smallest absolute Gasteiger partial charge is 0.261 e. The van der Waals surface area contributed by atoms with Crippen LogP contribution in [0.15, 0.2) is 23.7 Å². The molecule has 0 saturated carbocycles. The van der Waals surface area contributed by atoms with E-state index in [2.05, 4.69) is 24.1 Å². The number of carbonyl (C=O) groups is 2. The second-order valence-corrected chi connectivity index (χ2v) is 8.46. The van der Waals surface area contributed by atoms with E-state index in [0.717, 1.165) is 17.5 Å². The lowest BCUT2D eigenvalue weighted by atomic mass is 10.0. The van der Waals surface area contributed by atoms with Crippen molar-refractivity contribution >= 4 is 39.9 Å². The lowest BCUT2D eigenvalue weighted by Crippen LogP contribution is -2.45. The van der Waals surface area contributed by atoms with Crippen molar-refractivity contribution in [3.05, 3.63) is 39.9 Å². The first-order valence-electron chi connectivity index (χ1n) is 9.29. The largest absolute Gasteiger partial charge is 0.483 e. The molecule has 1 aromatic carbocycles. The molecular weight excluding hydrogens is 398 g/mol. The van der Waals surface area contributed by atoms with Crippen LogP contribution in [-0.4, -0.2) is 40.9 Å². The molecule has 8 heteroatoms. The standard InChI is InChI=1S/C20H24ClN3O3S/c1-12(2)14-10-15(21)13(3)9-17(14)27-11-18(25)24-7-4-5-16(24)19(26)23-20-22-6-8-28-20/h6,8-10,12,16H,4-5,7,11H2,1-3H3,(H,22,23,26). The summed E-state index contributed by atoms with van der Waals surface area (Å²) in [5, 5.41) is 5.79. The van der Waals surface area contributed by atoms with Crippen molar-refractivity contribution in [3.63, 3.8) is 0 Å². The van der Waals surface area contributed by atoms with Crippen molar-refractivity contribution in [3.8, 4) is 5.75 Å². The average Bonchev–Trinajstić information content (AvgIpc) is 3.33. The highest BCUT2D eigenvalue weighted by atomic mass is 35.5. The van der Waals surface area contributed by atoms with Crippen molar-refractivity contribution in [1.82, 2.24) is 9.88 Å². The second kappa shape index (κ2) is 8.92. The van der Waals surface area contributed by atoms with Gasteiger partial charge in [-0.15, -0.1) is 11.3 Å². The Kier molecular flexibility index (Phi) is 6.57. The first kappa shape index (κ1) is 20.6. The van der Waals surface area contributed by atoms with Crippen molar-refractivity contribution in [1.29, 1.82) is 0 Å². The third kappa shape index (κ3) is 4.64. The summed E-state index contributed by atoms with van der Waals surface area (Å²) in [6, 6.07) is 3.26. The molecule has 1 fully saturated rings. The molecular formula is C20H24ClN3O3S. The van der Waals surface area contributed by atoms with Crippen LogP contribution in [0.2, 0.25) is 5.02 Å². The summed E-state index contributed by atoms with van der Waals surface area (Å²) in [5.41, 5.74) is 1.86. The molecule has 1 aromatic heterocycles. The fourth-order valence-electron chi connectivity index (χ4n) is 3.28. The monoisotopic (exact) mass is 421 g/mol. The highest BCUT2D eigenvalue weighted by Gasteiger charge is 2.34. The number of hydrogen-bond donors (Lipinski definition) is 1. The summed E-state index contributed by atoms with van der Waals surface area (Å²) in [5.74, 6) is 0.477. The average molecular weight is 422 g/mol. The Morgan fingerprint density at radius 1 is 1.43 bits per heavy atom. The third-order valence-electron chi connectivity index (χ3n) is 4.80. The van der Waals surface area contributed by atoms with Gasteiger partial charge in [-0.25, -0.2) is 4.98 Å². The van der Waals surface area contributed by atoms with Gasteiger partial charge in [0.05, 0.1) is 0 Å². The minimum atomic E-state index is -0.489. The molecule has 0 bridgehead atoms. The summed E-state index contributed by atoms with van der Waals surface area (Å²) < 4.78 is 5.85. The number of halogens is 1. The maximum atomic E-state index is 12.8. The second-order valence-electron chi connectivity index (χ2n) is 7.15. The minimum absolute atomic E-state index is 0.109. The Labute approximate surface area is 173 Å². The molecule has 150 valence electrons. The van der Waals surface area contributed by atoms with E-state index >= 15 is 0 Å². The van der Waals surface area contributed by atoms with Crippen molar-refractivity contribution in [2.24, 2.45) is 0 Å². The molecule has 1 aliphatic rings. The SMILES string of the molecule is Cc1cc(OCC(=O)N2CCCC2C(=O)Nc2nccs2)c(C(C)C)cc1Cl. The van der Waals surface area contributed by atoms with E-state index < -0.39 is 6.04 Å². The van der Waals surface area contributed by atoms with Crippen LogP contribution in [-0.2, 0) is 9.59 Å². The van der Waals surface area contributed by atoms with Crippen LogP contribution in [0.4, 0.5) is 5.13 Å². The van der Waals surface area contributed by atoms with Crippen LogP contribution >= 0.6 is 22.9 Å². The number of carbonyl (C=O) groups excluding carboxylic acids is 2. The highest BCUT2D eigenvalue weighted by Crippen LogP contribution is 2.32. The molecule has 1 saturated heterocycles. The van der Waals surface area contributed by atoms with Crippen LogP contribution < -0.4 is 10.1 Å². The number of nitrogens with one attached hydrogen (secondary N) is 1. The van der Waals surface area contributed by atoms with E-state index in [4.69, 9.17) is 16.3 Å². The van der Waals surface area contributed by atoms with E-state index in [1.807, 2.05) is 19.1 Å². The number of aryl methyl sites for hydroxylation is 1. The third-order valence-corrected chi connectivity index (χ3v) is 5.90. The molecule has 1 unspecified atom stereocenters. The van der Waals surface area contributed by atoms with Crippen LogP contribution in [0.3, 0.4) is 0 Å². The molecule has 6 nitrogen and oxygen atoms in total. The number of likely N-dealkylation sites (tertiary alicyclic amines) is 1. The van der Waals surface area contributed by atoms with Crippen LogP contribution in [0.5, 0.6) is 5.75 Å². The maximum absolute atomic E-state index is 12.8. The molecule has 3 rings (SSSR count). The predicted octanol–water partition coefficient (Wildman–Crippen LogP) is 4.24. The maximum Gasteiger partial charge on any atom is 0.261 e. The molecule has 2 aromatic rings. The van der Waals surface area contributed by atoms with Crippen LogP contribution in [0.25, 0.3) is 0 Å². The Morgan fingerprint density at radius 3 is 2.89 bits per heavy atom. The lowest BCUT2D eigenvalue weighted by molar-refractivity contribution is -0.138. The molecule has 1 N–H and O–H groups in total. The van der Waals surface area contributed by atoms with Gasteiger partial charge in [-0.05, 0) is 48.9 Å². The number of nitrogens with zero attached hydrogens (tertiary/aromatic N) is 2. The highest BCUT2D eigenvalue weighted by molar-refractivity contribution is 7.13. The zero-order valence-corrected chi connectivity index (χ0v) is 17.8. The minimum Gasteiger partial charge on any atom is -0.483 e. The van der Waals surface area contributed by atoms with Gasteiger partial charge < -0.3 is 15.0 Å². The molecule has 2 heterocycles. The van der Waals surface area contributed by atoms with Gasteiger partial charge in [0.15, 0.2) is 11.7 Å². The van der Waals surface area contributed by atoms with Crippen LogP contribution in [0, 0.1) is 6.92 Å². The van der Waals surface area contributed by atoms with E-state index in [0.29, 0.717) is 28.9 Å². The van der Waals surface area contributed by atoms with Gasteiger partial charge in [0.2, 0.25) is 5.91 Å². The number of benzene rings is 1. The van der Waals surface area contributed by atoms with Gasteiger partial charge in [-0.3, -0.25) is 9.59 Å². The summed E-state index contributed by atoms with van der Waals surface area (Å²) in [4.78, 5) is 30.9. The quantitative estimate of drug-likeness (QED) is 0.757. The van der Waals surface area contributed by atoms with Gasteiger partial charge in [0.25, 0.3) is 5.91 Å². The number of hydrogen-bond acceptors (Lipinski definition) is 5. The normalized spacial score (nSPS) is 16.5. The first-order valence-corrected chi connectivity index (χ1v) is 10.5. The Hall–Kier alpha value is -2.12. The van der Waals surface area contributed by atoms with Gasteiger partial charge in [0.1, 0.15) is 11.8 Å². The molecule has 0 aliphatic carbocycles. The van der Waals surface area contributed by atoms with Gasteiger partial charge in [0, 0.05) is 23.1 Å². The number of aromatic nitrogens is 1. The number of rotatable bonds is 6. The molecule has 1 aliphatic heterocycles. The zero-order chi connectivity index (χ0) is 20.3. The molecule has 1 atom stereocenters. The van der Waals surface area contributed by atoms with E-state index in [1.165, 1.54) is 11.3 Å². The molecule has 2 amide bonds. The van der Waals surface area contributed by atoms with Gasteiger partial charge in [-0.1, -0.05) is 25.4 Å². The number of anilines is 1. The summed E-state index contributed by atoms with van der Waals surface area (Å²) in [7, 11) is 0. The lowest BCUT2D eigenvalue weighted by Gasteiger charge is -2.24. The van der Waals surface area contributed by atoms with Crippen molar-refractivity contribution < 1.29 is 14.3 Å². The predicted molar refractivity (Wildman–Crippen MR) is 111 cm³/mol.